The molecule has 1 saturated carbocycles. The lowest BCUT2D eigenvalue weighted by atomic mass is 9.67. The van der Waals surface area contributed by atoms with Gasteiger partial charge in [0.1, 0.15) is 0 Å². The quantitative estimate of drug-likeness (QED) is 0.623. The maximum absolute atomic E-state index is 6.50. The summed E-state index contributed by atoms with van der Waals surface area (Å²) < 4.78 is 2.08. The zero-order chi connectivity index (χ0) is 15.8. The van der Waals surface area contributed by atoms with Crippen LogP contribution in [0.3, 0.4) is 0 Å². The molecule has 21 heavy (non-hydrogen) atoms. The first-order valence-corrected chi connectivity index (χ1v) is 9.41. The molecule has 3 atom stereocenters. The predicted molar refractivity (Wildman–Crippen MR) is 94.4 cm³/mol. The molecule has 4 heteroatoms. The summed E-state index contributed by atoms with van der Waals surface area (Å²) in [6.45, 7) is 12.2. The third-order valence-electron chi connectivity index (χ3n) is 5.11. The van der Waals surface area contributed by atoms with E-state index in [1.54, 1.807) is 0 Å². The third kappa shape index (κ3) is 3.67. The van der Waals surface area contributed by atoms with Crippen LogP contribution in [0.5, 0.6) is 0 Å². The first-order valence-electron chi connectivity index (χ1n) is 8.12. The normalized spacial score (nSPS) is 27.1. The topological polar surface area (TPSA) is 17.8 Å². The van der Waals surface area contributed by atoms with Crippen LogP contribution in [0.4, 0.5) is 0 Å². The summed E-state index contributed by atoms with van der Waals surface area (Å²) in [5.74, 6) is 1.54. The lowest BCUT2D eigenvalue weighted by Gasteiger charge is -2.42. The second-order valence-corrected chi connectivity index (χ2v) is 8.92. The highest BCUT2D eigenvalue weighted by Crippen LogP contribution is 2.45. The van der Waals surface area contributed by atoms with Gasteiger partial charge in [-0.05, 0) is 50.4 Å². The predicted octanol–water partition coefficient (Wildman–Crippen LogP) is 5.63. The van der Waals surface area contributed by atoms with E-state index < -0.39 is 0 Å². The van der Waals surface area contributed by atoms with Crippen molar-refractivity contribution in [1.82, 2.24) is 9.78 Å². The van der Waals surface area contributed by atoms with E-state index in [1.165, 1.54) is 25.0 Å². The number of aryl methyl sites for hydroxylation is 2. The molecule has 120 valence electrons. The molecule has 1 aliphatic carbocycles. The molecule has 0 amide bonds. The van der Waals surface area contributed by atoms with Crippen LogP contribution >= 0.6 is 27.5 Å². The lowest BCUT2D eigenvalue weighted by molar-refractivity contribution is 0.144. The molecule has 0 aromatic carbocycles. The van der Waals surface area contributed by atoms with Gasteiger partial charge in [-0.3, -0.25) is 4.68 Å². The number of alkyl halides is 1. The van der Waals surface area contributed by atoms with Gasteiger partial charge in [0, 0.05) is 11.4 Å². The number of rotatable bonds is 4. The molecule has 3 unspecified atom stereocenters. The Morgan fingerprint density at radius 1 is 1.38 bits per heavy atom. The molecule has 0 bridgehead atoms. The average Bonchev–Trinajstić information content (AvgIpc) is 2.65. The van der Waals surface area contributed by atoms with Crippen LogP contribution in [0, 0.1) is 24.2 Å². The van der Waals surface area contributed by atoms with E-state index in [-0.39, 0.29) is 5.41 Å². The molecule has 1 fully saturated rings. The van der Waals surface area contributed by atoms with Gasteiger partial charge < -0.3 is 0 Å². The third-order valence-corrected chi connectivity index (χ3v) is 6.62. The van der Waals surface area contributed by atoms with E-state index in [0.29, 0.717) is 10.7 Å². The summed E-state index contributed by atoms with van der Waals surface area (Å²) in [4.78, 5) is 0.620. The second-order valence-electron chi connectivity index (χ2n) is 7.37. The Bertz CT molecular complexity index is 495. The van der Waals surface area contributed by atoms with Crippen molar-refractivity contribution in [2.24, 2.45) is 17.3 Å². The summed E-state index contributed by atoms with van der Waals surface area (Å²) >= 11 is 10.5. The molecule has 0 radical (unpaired) electrons. The summed E-state index contributed by atoms with van der Waals surface area (Å²) in [6.07, 6.45) is 4.94. The fourth-order valence-corrected chi connectivity index (χ4v) is 5.61. The largest absolute Gasteiger partial charge is 0.268 e. The summed E-state index contributed by atoms with van der Waals surface area (Å²) in [5, 5.41) is 5.42. The van der Waals surface area contributed by atoms with Gasteiger partial charge in [-0.2, -0.15) is 5.10 Å². The maximum atomic E-state index is 6.50. The number of hydrogen-bond acceptors (Lipinski definition) is 1. The molecular weight excluding hydrogens is 348 g/mol. The van der Waals surface area contributed by atoms with Crippen molar-refractivity contribution in [3.8, 4) is 0 Å². The molecule has 1 aliphatic rings. The molecule has 0 N–H and O–H groups in total. The van der Waals surface area contributed by atoms with Gasteiger partial charge in [0.2, 0.25) is 0 Å². The Labute approximate surface area is 142 Å². The number of hydrogen-bond donors (Lipinski definition) is 0. The van der Waals surface area contributed by atoms with Crippen LogP contribution in [0.15, 0.2) is 0 Å². The maximum Gasteiger partial charge on any atom is 0.0847 e. The molecule has 2 nitrogen and oxygen atoms in total. The fraction of sp³-hybridized carbons (Fsp3) is 0.824. The Morgan fingerprint density at radius 2 is 2.05 bits per heavy atom. The molecule has 1 heterocycles. The van der Waals surface area contributed by atoms with Gasteiger partial charge in [0.25, 0.3) is 0 Å². The fourth-order valence-electron chi connectivity index (χ4n) is 3.79. The molecule has 0 spiro atoms. The van der Waals surface area contributed by atoms with Crippen molar-refractivity contribution in [2.45, 2.75) is 71.7 Å². The van der Waals surface area contributed by atoms with E-state index >= 15 is 0 Å². The monoisotopic (exact) mass is 374 g/mol. The number of aromatic nitrogens is 2. The minimum atomic E-state index is 0.233. The Morgan fingerprint density at radius 3 is 2.62 bits per heavy atom. The van der Waals surface area contributed by atoms with Crippen LogP contribution in [-0.4, -0.2) is 14.6 Å². The van der Waals surface area contributed by atoms with Crippen LogP contribution in [0.2, 0.25) is 5.02 Å². The van der Waals surface area contributed by atoms with Gasteiger partial charge in [-0.1, -0.05) is 54.7 Å². The van der Waals surface area contributed by atoms with Gasteiger partial charge in [0.15, 0.2) is 0 Å². The van der Waals surface area contributed by atoms with E-state index in [2.05, 4.69) is 53.4 Å². The first kappa shape index (κ1) is 17.3. The van der Waals surface area contributed by atoms with E-state index in [4.69, 9.17) is 11.6 Å². The van der Waals surface area contributed by atoms with E-state index in [1.807, 2.05) is 6.92 Å². The van der Waals surface area contributed by atoms with Crippen LogP contribution < -0.4 is 0 Å². The molecule has 0 saturated heterocycles. The van der Waals surface area contributed by atoms with E-state index in [0.717, 1.165) is 29.6 Å². The zero-order valence-corrected chi connectivity index (χ0v) is 16.3. The molecule has 1 aromatic rings. The average molecular weight is 376 g/mol. The Balaban J connectivity index is 2.21. The standard InChI is InChI=1S/C17H28BrClN2/c1-6-21-15(16(19)12(3)20-21)10-17(4,5)13-8-7-11(2)9-14(13)18/h11,13-14H,6-10H2,1-5H3. The first-order chi connectivity index (χ1) is 9.76. The van der Waals surface area contributed by atoms with Crippen molar-refractivity contribution in [3.05, 3.63) is 16.4 Å². The Hall–Kier alpha value is -0.0200. The van der Waals surface area contributed by atoms with Gasteiger partial charge in [-0.25, -0.2) is 0 Å². The molecule has 0 aliphatic heterocycles. The van der Waals surface area contributed by atoms with Crippen LogP contribution in [-0.2, 0) is 13.0 Å². The highest BCUT2D eigenvalue weighted by molar-refractivity contribution is 9.09. The van der Waals surface area contributed by atoms with Crippen molar-refractivity contribution >= 4 is 27.5 Å². The summed E-state index contributed by atoms with van der Waals surface area (Å²) in [5.41, 5.74) is 2.40. The van der Waals surface area contributed by atoms with E-state index in [9.17, 15) is 0 Å². The highest BCUT2D eigenvalue weighted by atomic mass is 79.9. The Kier molecular flexibility index (Phi) is 5.46. The minimum absolute atomic E-state index is 0.233. The molecule has 1 aromatic heterocycles. The lowest BCUT2D eigenvalue weighted by Crippen LogP contribution is -2.37. The van der Waals surface area contributed by atoms with Crippen molar-refractivity contribution in [3.63, 3.8) is 0 Å². The van der Waals surface area contributed by atoms with Crippen molar-refractivity contribution < 1.29 is 0 Å². The highest BCUT2D eigenvalue weighted by Gasteiger charge is 2.38. The van der Waals surface area contributed by atoms with Gasteiger partial charge >= 0.3 is 0 Å². The van der Waals surface area contributed by atoms with Crippen molar-refractivity contribution in [1.29, 1.82) is 0 Å². The number of halogens is 2. The minimum Gasteiger partial charge on any atom is -0.268 e. The van der Waals surface area contributed by atoms with Crippen LogP contribution in [0.1, 0.15) is 58.3 Å². The summed E-state index contributed by atoms with van der Waals surface area (Å²) in [6, 6.07) is 0. The van der Waals surface area contributed by atoms with Gasteiger partial charge in [-0.15, -0.1) is 0 Å². The smallest absolute Gasteiger partial charge is 0.0847 e. The SMILES string of the molecule is CCn1nc(C)c(Cl)c1CC(C)(C)C1CCC(C)CC1Br. The van der Waals surface area contributed by atoms with Crippen molar-refractivity contribution in [2.75, 3.05) is 0 Å². The molecular formula is C17H28BrClN2. The zero-order valence-electron chi connectivity index (χ0n) is 13.9. The second kappa shape index (κ2) is 6.62. The molecule has 2 rings (SSSR count). The van der Waals surface area contributed by atoms with Crippen LogP contribution in [0.25, 0.3) is 0 Å². The number of nitrogens with zero attached hydrogens (tertiary/aromatic N) is 2. The summed E-state index contributed by atoms with van der Waals surface area (Å²) in [7, 11) is 0. The van der Waals surface area contributed by atoms with Gasteiger partial charge in [0.05, 0.1) is 16.4 Å².